The second-order valence-electron chi connectivity index (χ2n) is 7.45. The lowest BCUT2D eigenvalue weighted by atomic mass is 10.1. The maximum absolute atomic E-state index is 5.97. The molecule has 0 aliphatic carbocycles. The topological polar surface area (TPSA) is 69.3 Å². The van der Waals surface area contributed by atoms with Gasteiger partial charge in [0, 0.05) is 36.0 Å². The number of benzene rings is 2. The zero-order valence-corrected chi connectivity index (χ0v) is 20.6. The molecule has 2 N–H and O–H groups in total. The van der Waals surface area contributed by atoms with Gasteiger partial charge in [0.05, 0.1) is 11.0 Å². The lowest BCUT2D eigenvalue weighted by Gasteiger charge is -2.18. The van der Waals surface area contributed by atoms with Crippen molar-refractivity contribution < 1.29 is 14.9 Å². The summed E-state index contributed by atoms with van der Waals surface area (Å²) in [7, 11) is 0. The summed E-state index contributed by atoms with van der Waals surface area (Å²) in [4.78, 5) is 9.58. The summed E-state index contributed by atoms with van der Waals surface area (Å²) in [5.41, 5.74) is 1.89. The molecule has 1 aromatic heterocycles. The van der Waals surface area contributed by atoms with Gasteiger partial charge in [0.1, 0.15) is 24.7 Å². The zero-order valence-electron chi connectivity index (χ0n) is 19.8. The van der Waals surface area contributed by atoms with Gasteiger partial charge in [0.25, 0.3) is 0 Å². The number of rotatable bonds is 12. The first-order valence-electron chi connectivity index (χ1n) is 11.2. The normalized spacial score (nSPS) is 10.9. The summed E-state index contributed by atoms with van der Waals surface area (Å²) < 4.78 is 11.9. The van der Waals surface area contributed by atoms with Crippen molar-refractivity contribution in [2.45, 2.75) is 27.7 Å². The van der Waals surface area contributed by atoms with Gasteiger partial charge in [0.2, 0.25) is 0 Å². The van der Waals surface area contributed by atoms with Crippen molar-refractivity contribution in [3.05, 3.63) is 42.5 Å². The quantitative estimate of drug-likeness (QED) is 0.372. The van der Waals surface area contributed by atoms with Gasteiger partial charge in [-0.15, -0.1) is 12.4 Å². The third kappa shape index (κ3) is 7.48. The molecule has 3 rings (SSSR count). The van der Waals surface area contributed by atoms with Crippen LogP contribution in [-0.2, 0) is 0 Å². The summed E-state index contributed by atoms with van der Waals surface area (Å²) in [6.45, 7) is 16.1. The third-order valence-corrected chi connectivity index (χ3v) is 5.70. The van der Waals surface area contributed by atoms with Crippen molar-refractivity contribution in [1.82, 2.24) is 14.8 Å². The summed E-state index contributed by atoms with van der Waals surface area (Å²) in [6, 6.07) is 14.5. The van der Waals surface area contributed by atoms with E-state index in [0.29, 0.717) is 13.2 Å². The molecule has 6 nitrogen and oxygen atoms in total. The second kappa shape index (κ2) is 14.1. The number of likely N-dealkylation sites (N-methyl/N-ethyl adjacent to an activating group) is 2. The van der Waals surface area contributed by atoms with Crippen molar-refractivity contribution in [2.75, 3.05) is 52.5 Å². The minimum atomic E-state index is 0. The van der Waals surface area contributed by atoms with Crippen LogP contribution < -0.4 is 9.47 Å². The van der Waals surface area contributed by atoms with E-state index in [4.69, 9.17) is 14.5 Å². The van der Waals surface area contributed by atoms with Gasteiger partial charge >= 0.3 is 0 Å². The summed E-state index contributed by atoms with van der Waals surface area (Å²) in [6.07, 6.45) is 0. The first kappa shape index (κ1) is 27.9. The van der Waals surface area contributed by atoms with E-state index < -0.39 is 0 Å². The highest BCUT2D eigenvalue weighted by atomic mass is 35.5. The second-order valence-corrected chi connectivity index (χ2v) is 7.45. The fourth-order valence-electron chi connectivity index (χ4n) is 3.63. The molecule has 0 aliphatic rings. The molecule has 3 aromatic rings. The molecule has 0 spiro atoms. The molecular formula is C25H38ClN3O3. The number of hydrogen-bond donors (Lipinski definition) is 0. The van der Waals surface area contributed by atoms with E-state index in [2.05, 4.69) is 55.7 Å². The molecule has 7 heteroatoms. The van der Waals surface area contributed by atoms with Crippen LogP contribution in [0.1, 0.15) is 27.7 Å². The molecule has 0 bridgehead atoms. The van der Waals surface area contributed by atoms with Gasteiger partial charge in [-0.3, -0.25) is 0 Å². The van der Waals surface area contributed by atoms with Gasteiger partial charge in [-0.2, -0.15) is 0 Å². The van der Waals surface area contributed by atoms with Gasteiger partial charge in [-0.1, -0.05) is 27.7 Å². The molecule has 2 aromatic carbocycles. The molecule has 0 radical (unpaired) electrons. The van der Waals surface area contributed by atoms with E-state index in [1.54, 1.807) is 0 Å². The van der Waals surface area contributed by atoms with Crippen molar-refractivity contribution in [3.63, 3.8) is 0 Å². The lowest BCUT2D eigenvalue weighted by molar-refractivity contribution is 0.223. The monoisotopic (exact) mass is 463 g/mol. The molecule has 32 heavy (non-hydrogen) atoms. The Labute approximate surface area is 198 Å². The molecule has 178 valence electrons. The van der Waals surface area contributed by atoms with Crippen LogP contribution in [0.2, 0.25) is 0 Å². The Kier molecular flexibility index (Phi) is 12.3. The molecule has 0 amide bonds. The van der Waals surface area contributed by atoms with Gasteiger partial charge < -0.3 is 24.7 Å². The number of halogens is 1. The Bertz CT molecular complexity index is 873. The highest BCUT2D eigenvalue weighted by Crippen LogP contribution is 2.26. The number of pyridine rings is 1. The summed E-state index contributed by atoms with van der Waals surface area (Å²) >= 11 is 0. The SMILES string of the molecule is CCN(CC)CCOc1ccc2cc3ccc(OCCN(CC)CC)cc3nc2c1.Cl.O. The minimum Gasteiger partial charge on any atom is -0.492 e. The first-order chi connectivity index (χ1) is 14.7. The predicted molar refractivity (Wildman–Crippen MR) is 137 cm³/mol. The zero-order chi connectivity index (χ0) is 21.3. The molecule has 0 aliphatic heterocycles. The molecule has 0 saturated heterocycles. The molecule has 0 saturated carbocycles. The first-order valence-corrected chi connectivity index (χ1v) is 11.2. The standard InChI is InChI=1S/C25H35N3O2.ClH.H2O/c1-5-27(6-2)13-15-29-22-11-9-20-17-21-10-12-23(19-25(21)26-24(20)18-22)30-16-14-28(7-3)8-4;;/h9-12,17-19H,5-8,13-16H2,1-4H3;1H;1H2. The third-order valence-electron chi connectivity index (χ3n) is 5.70. The maximum atomic E-state index is 5.97. The smallest absolute Gasteiger partial charge is 0.121 e. The number of fused-ring (bicyclic) bond motifs is 2. The fraction of sp³-hybridized carbons (Fsp3) is 0.480. The van der Waals surface area contributed by atoms with Crippen LogP contribution in [0.25, 0.3) is 21.8 Å². The largest absolute Gasteiger partial charge is 0.492 e. The fourth-order valence-corrected chi connectivity index (χ4v) is 3.63. The van der Waals surface area contributed by atoms with Gasteiger partial charge in [-0.25, -0.2) is 4.98 Å². The number of aromatic nitrogens is 1. The average Bonchev–Trinajstić information content (AvgIpc) is 2.78. The van der Waals surface area contributed by atoms with E-state index in [1.807, 2.05) is 24.3 Å². The molecule has 1 heterocycles. The molecule has 0 fully saturated rings. The predicted octanol–water partition coefficient (Wildman–Crippen LogP) is 4.43. The highest BCUT2D eigenvalue weighted by Gasteiger charge is 2.06. The minimum absolute atomic E-state index is 0. The van der Waals surface area contributed by atoms with Crippen molar-refractivity contribution in [1.29, 1.82) is 0 Å². The lowest BCUT2D eigenvalue weighted by Crippen LogP contribution is -2.27. The Morgan fingerprint density at radius 1 is 0.656 bits per heavy atom. The van der Waals surface area contributed by atoms with Crippen LogP contribution in [0, 0.1) is 0 Å². The van der Waals surface area contributed by atoms with E-state index in [0.717, 1.165) is 72.6 Å². The Hall–Kier alpha value is -2.12. The van der Waals surface area contributed by atoms with Gasteiger partial charge in [-0.05, 0) is 56.5 Å². The summed E-state index contributed by atoms with van der Waals surface area (Å²) in [5.74, 6) is 1.74. The van der Waals surface area contributed by atoms with Crippen LogP contribution in [-0.4, -0.2) is 72.7 Å². The van der Waals surface area contributed by atoms with E-state index in [9.17, 15) is 0 Å². The maximum Gasteiger partial charge on any atom is 0.121 e. The van der Waals surface area contributed by atoms with Crippen LogP contribution in [0.5, 0.6) is 11.5 Å². The average molecular weight is 464 g/mol. The number of nitrogens with zero attached hydrogens (tertiary/aromatic N) is 3. The van der Waals surface area contributed by atoms with E-state index in [-0.39, 0.29) is 17.9 Å². The van der Waals surface area contributed by atoms with Crippen molar-refractivity contribution in [2.24, 2.45) is 0 Å². The molecular weight excluding hydrogens is 426 g/mol. The number of hydrogen-bond acceptors (Lipinski definition) is 5. The van der Waals surface area contributed by atoms with Crippen molar-refractivity contribution >= 4 is 34.2 Å². The summed E-state index contributed by atoms with van der Waals surface area (Å²) in [5, 5.41) is 2.24. The van der Waals surface area contributed by atoms with Crippen LogP contribution in [0.3, 0.4) is 0 Å². The Morgan fingerprint density at radius 3 is 1.44 bits per heavy atom. The molecule has 0 atom stereocenters. The highest BCUT2D eigenvalue weighted by molar-refractivity contribution is 5.93. The van der Waals surface area contributed by atoms with E-state index >= 15 is 0 Å². The van der Waals surface area contributed by atoms with Crippen LogP contribution in [0.15, 0.2) is 42.5 Å². The van der Waals surface area contributed by atoms with E-state index in [1.165, 1.54) is 0 Å². The molecule has 0 unspecified atom stereocenters. The van der Waals surface area contributed by atoms with Crippen molar-refractivity contribution in [3.8, 4) is 11.5 Å². The Balaban J connectivity index is 0.00000256. The van der Waals surface area contributed by atoms with Gasteiger partial charge in [0.15, 0.2) is 0 Å². The Morgan fingerprint density at radius 2 is 1.06 bits per heavy atom. The van der Waals surface area contributed by atoms with Crippen LogP contribution in [0.4, 0.5) is 0 Å². The van der Waals surface area contributed by atoms with Crippen LogP contribution >= 0.6 is 12.4 Å². The number of ether oxygens (including phenoxy) is 2.